The maximum atomic E-state index is 12.4. The van der Waals surface area contributed by atoms with Gasteiger partial charge in [-0.2, -0.15) is 0 Å². The second-order valence-electron chi connectivity index (χ2n) is 7.67. The Morgan fingerprint density at radius 1 is 1.06 bits per heavy atom. The molecule has 7 nitrogen and oxygen atoms in total. The first-order chi connectivity index (χ1) is 14.9. The molecule has 1 heterocycles. The molecule has 164 valence electrons. The van der Waals surface area contributed by atoms with E-state index < -0.39 is 0 Å². The van der Waals surface area contributed by atoms with E-state index in [1.807, 2.05) is 25.1 Å². The van der Waals surface area contributed by atoms with Crippen molar-refractivity contribution in [3.05, 3.63) is 65.2 Å². The first kappa shape index (κ1) is 22.6. The van der Waals surface area contributed by atoms with Crippen LogP contribution in [0.25, 0.3) is 0 Å². The van der Waals surface area contributed by atoms with Crippen LogP contribution in [0.1, 0.15) is 18.9 Å². The van der Waals surface area contributed by atoms with Crippen LogP contribution >= 0.6 is 11.6 Å². The second-order valence-corrected chi connectivity index (χ2v) is 8.10. The summed E-state index contributed by atoms with van der Waals surface area (Å²) >= 11 is 5.84. The molecular formula is C23H27ClN4O3. The lowest BCUT2D eigenvalue weighted by Crippen LogP contribution is -2.55. The van der Waals surface area contributed by atoms with Gasteiger partial charge in [0.05, 0.1) is 6.54 Å². The molecular weight excluding hydrogens is 416 g/mol. The Morgan fingerprint density at radius 2 is 1.77 bits per heavy atom. The molecule has 0 aliphatic carbocycles. The van der Waals surface area contributed by atoms with Crippen LogP contribution in [-0.4, -0.2) is 59.9 Å². The van der Waals surface area contributed by atoms with Gasteiger partial charge in [-0.1, -0.05) is 41.9 Å². The van der Waals surface area contributed by atoms with Crippen molar-refractivity contribution in [3.8, 4) is 0 Å². The van der Waals surface area contributed by atoms with Crippen molar-refractivity contribution in [1.82, 2.24) is 15.1 Å². The molecule has 0 spiro atoms. The number of urea groups is 1. The van der Waals surface area contributed by atoms with Gasteiger partial charge in [-0.15, -0.1) is 0 Å². The van der Waals surface area contributed by atoms with Crippen LogP contribution in [0.4, 0.5) is 10.5 Å². The van der Waals surface area contributed by atoms with E-state index in [0.717, 1.165) is 12.8 Å². The Kier molecular flexibility index (Phi) is 7.89. The molecule has 1 fully saturated rings. The number of halogens is 1. The van der Waals surface area contributed by atoms with Gasteiger partial charge in [-0.05, 0) is 49.6 Å². The van der Waals surface area contributed by atoms with Crippen LogP contribution in [0.2, 0.25) is 5.02 Å². The first-order valence-electron chi connectivity index (χ1n) is 10.3. The highest BCUT2D eigenvalue weighted by atomic mass is 35.5. The topological polar surface area (TPSA) is 81.8 Å². The fraction of sp³-hybridized carbons (Fsp3) is 0.348. The molecule has 0 bridgehead atoms. The zero-order valence-electron chi connectivity index (χ0n) is 17.5. The summed E-state index contributed by atoms with van der Waals surface area (Å²) in [5.41, 5.74) is 1.83. The molecule has 2 aromatic carbocycles. The van der Waals surface area contributed by atoms with Crippen LogP contribution in [0.15, 0.2) is 54.6 Å². The van der Waals surface area contributed by atoms with E-state index in [9.17, 15) is 14.4 Å². The highest BCUT2D eigenvalue weighted by Crippen LogP contribution is 2.14. The number of rotatable bonds is 7. The van der Waals surface area contributed by atoms with Crippen molar-refractivity contribution in [2.45, 2.75) is 25.8 Å². The van der Waals surface area contributed by atoms with Gasteiger partial charge in [0.1, 0.15) is 6.54 Å². The first-order valence-corrected chi connectivity index (χ1v) is 10.7. The van der Waals surface area contributed by atoms with Gasteiger partial charge in [0, 0.05) is 29.8 Å². The fourth-order valence-corrected chi connectivity index (χ4v) is 3.50. The highest BCUT2D eigenvalue weighted by molar-refractivity contribution is 6.30. The van der Waals surface area contributed by atoms with Crippen LogP contribution in [0.3, 0.4) is 0 Å². The number of carbonyl (C=O) groups excluding carboxylic acids is 3. The number of aryl methyl sites for hydroxylation is 1. The summed E-state index contributed by atoms with van der Waals surface area (Å²) in [5.74, 6) is -0.433. The van der Waals surface area contributed by atoms with Crippen LogP contribution in [-0.2, 0) is 16.0 Å². The van der Waals surface area contributed by atoms with Crippen molar-refractivity contribution in [1.29, 1.82) is 0 Å². The number of anilines is 1. The highest BCUT2D eigenvalue weighted by Gasteiger charge is 2.28. The SMILES string of the molecule is CC(CCc1ccccc1)NC(=O)CN1CCN(C(=O)Nc2ccc(Cl)cc2)CC1=O. The number of benzene rings is 2. The molecule has 1 aliphatic rings. The lowest BCUT2D eigenvalue weighted by Gasteiger charge is -2.34. The van der Waals surface area contributed by atoms with E-state index >= 15 is 0 Å². The minimum atomic E-state index is -0.352. The Morgan fingerprint density at radius 3 is 2.45 bits per heavy atom. The van der Waals surface area contributed by atoms with Gasteiger partial charge in [-0.3, -0.25) is 9.59 Å². The van der Waals surface area contributed by atoms with Gasteiger partial charge in [0.2, 0.25) is 11.8 Å². The molecule has 1 atom stereocenters. The third-order valence-electron chi connectivity index (χ3n) is 5.15. The molecule has 2 aromatic rings. The van der Waals surface area contributed by atoms with Gasteiger partial charge >= 0.3 is 6.03 Å². The Labute approximate surface area is 187 Å². The fourth-order valence-electron chi connectivity index (χ4n) is 3.38. The zero-order chi connectivity index (χ0) is 22.2. The molecule has 1 saturated heterocycles. The number of hydrogen-bond donors (Lipinski definition) is 2. The van der Waals surface area contributed by atoms with E-state index in [-0.39, 0.29) is 37.0 Å². The summed E-state index contributed by atoms with van der Waals surface area (Å²) < 4.78 is 0. The molecule has 3 rings (SSSR count). The summed E-state index contributed by atoms with van der Waals surface area (Å²) in [4.78, 5) is 40.1. The average molecular weight is 443 g/mol. The van der Waals surface area contributed by atoms with E-state index in [0.29, 0.717) is 23.8 Å². The number of piperazine rings is 1. The summed E-state index contributed by atoms with van der Waals surface area (Å²) in [6.07, 6.45) is 1.70. The van der Waals surface area contributed by atoms with E-state index in [2.05, 4.69) is 22.8 Å². The van der Waals surface area contributed by atoms with Crippen LogP contribution < -0.4 is 10.6 Å². The summed E-state index contributed by atoms with van der Waals surface area (Å²) in [6.45, 7) is 2.58. The predicted molar refractivity (Wildman–Crippen MR) is 121 cm³/mol. The third kappa shape index (κ3) is 7.00. The minimum absolute atomic E-state index is 0.00114. The van der Waals surface area contributed by atoms with Crippen LogP contribution in [0, 0.1) is 0 Å². The minimum Gasteiger partial charge on any atom is -0.352 e. The predicted octanol–water partition coefficient (Wildman–Crippen LogP) is 3.15. The quantitative estimate of drug-likeness (QED) is 0.691. The van der Waals surface area contributed by atoms with E-state index in [1.165, 1.54) is 15.4 Å². The number of nitrogens with one attached hydrogen (secondary N) is 2. The molecule has 2 N–H and O–H groups in total. The molecule has 8 heteroatoms. The van der Waals surface area contributed by atoms with E-state index in [4.69, 9.17) is 11.6 Å². The van der Waals surface area contributed by atoms with Crippen LogP contribution in [0.5, 0.6) is 0 Å². The number of carbonyl (C=O) groups is 3. The smallest absolute Gasteiger partial charge is 0.322 e. The molecule has 1 aliphatic heterocycles. The summed E-state index contributed by atoms with van der Waals surface area (Å²) in [7, 11) is 0. The summed E-state index contributed by atoms with van der Waals surface area (Å²) in [6, 6.07) is 16.5. The summed E-state index contributed by atoms with van der Waals surface area (Å²) in [5, 5.41) is 6.28. The monoisotopic (exact) mass is 442 g/mol. The Hall–Kier alpha value is -3.06. The van der Waals surface area contributed by atoms with Crippen molar-refractivity contribution < 1.29 is 14.4 Å². The second kappa shape index (κ2) is 10.8. The van der Waals surface area contributed by atoms with Gasteiger partial charge in [0.25, 0.3) is 0 Å². The Bertz CT molecular complexity index is 905. The van der Waals surface area contributed by atoms with Gasteiger partial charge in [0.15, 0.2) is 0 Å². The van der Waals surface area contributed by atoms with E-state index in [1.54, 1.807) is 24.3 Å². The van der Waals surface area contributed by atoms with Crippen molar-refractivity contribution in [3.63, 3.8) is 0 Å². The zero-order valence-corrected chi connectivity index (χ0v) is 18.3. The van der Waals surface area contributed by atoms with Crippen molar-refractivity contribution >= 4 is 35.1 Å². The molecule has 0 radical (unpaired) electrons. The normalized spacial score (nSPS) is 14.8. The van der Waals surface area contributed by atoms with Crippen molar-refractivity contribution in [2.75, 3.05) is 31.5 Å². The third-order valence-corrected chi connectivity index (χ3v) is 5.40. The van der Waals surface area contributed by atoms with Gasteiger partial charge < -0.3 is 20.4 Å². The molecule has 31 heavy (non-hydrogen) atoms. The maximum absolute atomic E-state index is 12.4. The maximum Gasteiger partial charge on any atom is 0.322 e. The van der Waals surface area contributed by atoms with Gasteiger partial charge in [-0.25, -0.2) is 4.79 Å². The standard InChI is InChI=1S/C23H27ClN4O3/c1-17(7-8-18-5-3-2-4-6-18)25-21(29)15-27-13-14-28(16-22(27)30)23(31)26-20-11-9-19(24)10-12-20/h2-6,9-12,17H,7-8,13-16H2,1H3,(H,25,29)(H,26,31). The molecule has 0 saturated carbocycles. The molecule has 4 amide bonds. The van der Waals surface area contributed by atoms with Crippen molar-refractivity contribution in [2.24, 2.45) is 0 Å². The largest absolute Gasteiger partial charge is 0.352 e. The number of hydrogen-bond acceptors (Lipinski definition) is 3. The number of nitrogens with zero attached hydrogens (tertiary/aromatic N) is 2. The lowest BCUT2D eigenvalue weighted by molar-refractivity contribution is -0.139. The molecule has 0 aromatic heterocycles. The number of amides is 4. The lowest BCUT2D eigenvalue weighted by atomic mass is 10.1. The Balaban J connectivity index is 1.40. The average Bonchev–Trinajstić information content (AvgIpc) is 2.76. The molecule has 1 unspecified atom stereocenters.